The molecule has 0 N–H and O–H groups in total. The second kappa shape index (κ2) is 6.79. The Morgan fingerprint density at radius 1 is 1.11 bits per heavy atom. The number of unbranched alkanes of at least 4 members (excludes halogenated alkanes) is 1. The van der Waals surface area contributed by atoms with Crippen molar-refractivity contribution < 1.29 is 19.1 Å². The molecule has 0 fully saturated rings. The summed E-state index contributed by atoms with van der Waals surface area (Å²) in [5, 5.41) is 0. The molecular formula is C14H18O4. The average Bonchev–Trinajstić information content (AvgIpc) is 2.43. The van der Waals surface area contributed by atoms with Crippen molar-refractivity contribution in [2.24, 2.45) is 0 Å². The summed E-state index contributed by atoms with van der Waals surface area (Å²) in [5.74, 6) is -0.881. The fourth-order valence-electron chi connectivity index (χ4n) is 1.71. The van der Waals surface area contributed by atoms with Crippen LogP contribution in [0.1, 0.15) is 46.0 Å². The fraction of sp³-hybridized carbons (Fsp3) is 0.429. The SMILES string of the molecule is CCCCc1ccc(C(=O)OC)cc1C(=O)OC. The molecule has 0 aliphatic heterocycles. The highest BCUT2D eigenvalue weighted by molar-refractivity contribution is 5.96. The van der Waals surface area contributed by atoms with Crippen LogP contribution in [0, 0.1) is 0 Å². The predicted octanol–water partition coefficient (Wildman–Crippen LogP) is 2.60. The van der Waals surface area contributed by atoms with Gasteiger partial charge in [0.05, 0.1) is 25.3 Å². The first-order valence-electron chi connectivity index (χ1n) is 5.93. The summed E-state index contributed by atoms with van der Waals surface area (Å²) in [4.78, 5) is 23.1. The minimum Gasteiger partial charge on any atom is -0.465 e. The van der Waals surface area contributed by atoms with E-state index in [1.807, 2.05) is 0 Å². The molecule has 98 valence electrons. The third-order valence-electron chi connectivity index (χ3n) is 2.74. The first kappa shape index (κ1) is 14.2. The van der Waals surface area contributed by atoms with Crippen molar-refractivity contribution in [1.82, 2.24) is 0 Å². The Labute approximate surface area is 107 Å². The molecule has 4 nitrogen and oxygen atoms in total. The predicted molar refractivity (Wildman–Crippen MR) is 67.7 cm³/mol. The Bertz CT molecular complexity index is 437. The zero-order valence-electron chi connectivity index (χ0n) is 11.0. The van der Waals surface area contributed by atoms with Gasteiger partial charge in [0, 0.05) is 0 Å². The summed E-state index contributed by atoms with van der Waals surface area (Å²) in [6, 6.07) is 4.99. The Kier molecular flexibility index (Phi) is 5.36. The van der Waals surface area contributed by atoms with Gasteiger partial charge in [0.2, 0.25) is 0 Å². The van der Waals surface area contributed by atoms with Crippen LogP contribution in [-0.2, 0) is 15.9 Å². The van der Waals surface area contributed by atoms with Crippen molar-refractivity contribution in [3.63, 3.8) is 0 Å². The largest absolute Gasteiger partial charge is 0.465 e. The van der Waals surface area contributed by atoms with E-state index >= 15 is 0 Å². The van der Waals surface area contributed by atoms with Gasteiger partial charge in [-0.15, -0.1) is 0 Å². The maximum atomic E-state index is 11.7. The van der Waals surface area contributed by atoms with Gasteiger partial charge in [-0.25, -0.2) is 9.59 Å². The Balaban J connectivity index is 3.11. The van der Waals surface area contributed by atoms with E-state index in [-0.39, 0.29) is 0 Å². The van der Waals surface area contributed by atoms with Gasteiger partial charge in [0.1, 0.15) is 0 Å². The lowest BCUT2D eigenvalue weighted by Crippen LogP contribution is -2.09. The van der Waals surface area contributed by atoms with Gasteiger partial charge in [0.15, 0.2) is 0 Å². The van der Waals surface area contributed by atoms with Gasteiger partial charge >= 0.3 is 11.9 Å². The topological polar surface area (TPSA) is 52.6 Å². The number of hydrogen-bond acceptors (Lipinski definition) is 4. The first-order valence-corrected chi connectivity index (χ1v) is 5.93. The number of aryl methyl sites for hydroxylation is 1. The quantitative estimate of drug-likeness (QED) is 0.754. The van der Waals surface area contributed by atoms with Crippen LogP contribution in [0.25, 0.3) is 0 Å². The lowest BCUT2D eigenvalue weighted by molar-refractivity contribution is 0.0598. The van der Waals surface area contributed by atoms with Gasteiger partial charge < -0.3 is 9.47 Å². The number of rotatable bonds is 5. The van der Waals surface area contributed by atoms with Gasteiger partial charge in [0.25, 0.3) is 0 Å². The molecule has 0 radical (unpaired) electrons. The highest BCUT2D eigenvalue weighted by Gasteiger charge is 2.15. The van der Waals surface area contributed by atoms with Crippen LogP contribution in [0.5, 0.6) is 0 Å². The van der Waals surface area contributed by atoms with Crippen LogP contribution >= 0.6 is 0 Å². The number of benzene rings is 1. The highest BCUT2D eigenvalue weighted by Crippen LogP contribution is 2.16. The number of hydrogen-bond donors (Lipinski definition) is 0. The number of methoxy groups -OCH3 is 2. The summed E-state index contributed by atoms with van der Waals surface area (Å²) in [6.45, 7) is 2.08. The maximum absolute atomic E-state index is 11.7. The van der Waals surface area contributed by atoms with E-state index in [0.717, 1.165) is 24.8 Å². The molecule has 0 aromatic heterocycles. The Morgan fingerprint density at radius 2 is 1.78 bits per heavy atom. The normalized spacial score (nSPS) is 9.94. The van der Waals surface area contributed by atoms with Crippen LogP contribution in [0.2, 0.25) is 0 Å². The summed E-state index contributed by atoms with van der Waals surface area (Å²) in [6.07, 6.45) is 2.82. The van der Waals surface area contributed by atoms with Crippen LogP contribution < -0.4 is 0 Å². The lowest BCUT2D eigenvalue weighted by Gasteiger charge is -2.09. The fourth-order valence-corrected chi connectivity index (χ4v) is 1.71. The lowest BCUT2D eigenvalue weighted by atomic mass is 9.99. The molecule has 0 aliphatic rings. The van der Waals surface area contributed by atoms with Crippen molar-refractivity contribution in [3.05, 3.63) is 34.9 Å². The standard InChI is InChI=1S/C14H18O4/c1-4-5-6-10-7-8-11(13(15)17-2)9-12(10)14(16)18-3/h7-9H,4-6H2,1-3H3. The molecule has 18 heavy (non-hydrogen) atoms. The van der Waals surface area contributed by atoms with Crippen molar-refractivity contribution >= 4 is 11.9 Å². The minimum atomic E-state index is -0.456. The minimum absolute atomic E-state index is 0.359. The van der Waals surface area contributed by atoms with E-state index in [1.165, 1.54) is 20.3 Å². The summed E-state index contributed by atoms with van der Waals surface area (Å²) >= 11 is 0. The van der Waals surface area contributed by atoms with E-state index in [9.17, 15) is 9.59 Å². The van der Waals surface area contributed by atoms with E-state index in [4.69, 9.17) is 4.74 Å². The molecule has 1 aromatic rings. The summed E-state index contributed by atoms with van der Waals surface area (Å²) < 4.78 is 9.37. The molecule has 0 atom stereocenters. The molecule has 0 heterocycles. The summed E-state index contributed by atoms with van der Waals surface area (Å²) in [5.41, 5.74) is 1.70. The number of esters is 2. The molecule has 4 heteroatoms. The molecule has 0 saturated heterocycles. The van der Waals surface area contributed by atoms with Gasteiger partial charge in [-0.05, 0) is 30.5 Å². The second-order valence-corrected chi connectivity index (χ2v) is 3.96. The molecular weight excluding hydrogens is 232 g/mol. The third-order valence-corrected chi connectivity index (χ3v) is 2.74. The molecule has 0 amide bonds. The van der Waals surface area contributed by atoms with Crippen molar-refractivity contribution in [1.29, 1.82) is 0 Å². The zero-order valence-corrected chi connectivity index (χ0v) is 11.0. The molecule has 0 spiro atoms. The van der Waals surface area contributed by atoms with E-state index in [1.54, 1.807) is 12.1 Å². The van der Waals surface area contributed by atoms with E-state index in [0.29, 0.717) is 11.1 Å². The summed E-state index contributed by atoms with van der Waals surface area (Å²) in [7, 11) is 2.64. The molecule has 0 aliphatic carbocycles. The van der Waals surface area contributed by atoms with Crippen LogP contribution in [0.3, 0.4) is 0 Å². The van der Waals surface area contributed by atoms with E-state index in [2.05, 4.69) is 11.7 Å². The van der Waals surface area contributed by atoms with Crippen LogP contribution in [-0.4, -0.2) is 26.2 Å². The van der Waals surface area contributed by atoms with Crippen LogP contribution in [0.4, 0.5) is 0 Å². The number of ether oxygens (including phenoxy) is 2. The van der Waals surface area contributed by atoms with Gasteiger partial charge in [-0.1, -0.05) is 19.4 Å². The van der Waals surface area contributed by atoms with E-state index < -0.39 is 11.9 Å². The average molecular weight is 250 g/mol. The first-order chi connectivity index (χ1) is 8.63. The molecule has 0 saturated carbocycles. The van der Waals surface area contributed by atoms with Crippen LogP contribution in [0.15, 0.2) is 18.2 Å². The zero-order chi connectivity index (χ0) is 13.5. The number of carbonyl (C=O) groups is 2. The molecule has 0 unspecified atom stereocenters. The number of carbonyl (C=O) groups excluding carboxylic acids is 2. The smallest absolute Gasteiger partial charge is 0.338 e. The van der Waals surface area contributed by atoms with Crippen molar-refractivity contribution in [2.45, 2.75) is 26.2 Å². The van der Waals surface area contributed by atoms with Crippen molar-refractivity contribution in [2.75, 3.05) is 14.2 Å². The van der Waals surface area contributed by atoms with Gasteiger partial charge in [-0.2, -0.15) is 0 Å². The molecule has 1 rings (SSSR count). The van der Waals surface area contributed by atoms with Gasteiger partial charge in [-0.3, -0.25) is 0 Å². The Morgan fingerprint density at radius 3 is 2.33 bits per heavy atom. The third kappa shape index (κ3) is 3.32. The maximum Gasteiger partial charge on any atom is 0.338 e. The van der Waals surface area contributed by atoms with Crippen molar-refractivity contribution in [3.8, 4) is 0 Å². The Hall–Kier alpha value is -1.84. The second-order valence-electron chi connectivity index (χ2n) is 3.96. The monoisotopic (exact) mass is 250 g/mol. The molecule has 0 bridgehead atoms. The molecule has 1 aromatic carbocycles. The highest BCUT2D eigenvalue weighted by atomic mass is 16.5.